The van der Waals surface area contributed by atoms with Gasteiger partial charge >= 0.3 is 0 Å². The molecule has 3 aliphatic rings. The van der Waals surface area contributed by atoms with Crippen molar-refractivity contribution in [1.29, 1.82) is 5.26 Å². The monoisotopic (exact) mass is 179 g/mol. The maximum atomic E-state index is 11.1. The minimum Gasteiger partial charge on any atom is -0.351 e. The van der Waals surface area contributed by atoms with Gasteiger partial charge in [0.25, 0.3) is 0 Å². The van der Waals surface area contributed by atoms with Crippen LogP contribution in [0.25, 0.3) is 0 Å². The first-order valence-electron chi connectivity index (χ1n) is 4.72. The zero-order valence-corrected chi connectivity index (χ0v) is 7.66. The number of hydrogen-bond donors (Lipinski definition) is 1. The van der Waals surface area contributed by atoms with Gasteiger partial charge < -0.3 is 10.2 Å². The van der Waals surface area contributed by atoms with Crippen LogP contribution in [0.4, 0.5) is 0 Å². The molecule has 1 N–H and O–H groups in total. The molecule has 3 atom stereocenters. The van der Waals surface area contributed by atoms with Gasteiger partial charge in [-0.05, 0) is 6.42 Å². The van der Waals surface area contributed by atoms with Crippen molar-refractivity contribution in [2.24, 2.45) is 5.92 Å². The van der Waals surface area contributed by atoms with Gasteiger partial charge in [-0.1, -0.05) is 6.92 Å². The van der Waals surface area contributed by atoms with E-state index in [1.54, 1.807) is 4.90 Å². The molecule has 4 heteroatoms. The molecule has 1 saturated carbocycles. The molecular weight excluding hydrogens is 166 g/mol. The number of nitrogens with one attached hydrogen (secondary N) is 1. The van der Waals surface area contributed by atoms with E-state index in [0.29, 0.717) is 12.3 Å². The van der Waals surface area contributed by atoms with Crippen LogP contribution >= 0.6 is 0 Å². The van der Waals surface area contributed by atoms with E-state index < -0.39 is 0 Å². The third kappa shape index (κ3) is 1.15. The largest absolute Gasteiger partial charge is 0.351 e. The van der Waals surface area contributed by atoms with Crippen molar-refractivity contribution in [2.45, 2.75) is 31.8 Å². The highest BCUT2D eigenvalue weighted by atomic mass is 16.1. The average molecular weight is 179 g/mol. The number of carbonyl (C=O) groups is 1. The summed E-state index contributed by atoms with van der Waals surface area (Å²) in [5.74, 6) is 0.611. The van der Waals surface area contributed by atoms with Gasteiger partial charge in [0.1, 0.15) is 0 Å². The lowest BCUT2D eigenvalue weighted by molar-refractivity contribution is -0.122. The quantitative estimate of drug-likeness (QED) is 0.610. The van der Waals surface area contributed by atoms with Crippen LogP contribution in [0.1, 0.15) is 19.8 Å². The van der Waals surface area contributed by atoms with E-state index in [1.165, 1.54) is 0 Å². The Balaban J connectivity index is 1.93. The molecule has 0 aromatic rings. The highest BCUT2D eigenvalue weighted by Crippen LogP contribution is 2.40. The van der Waals surface area contributed by atoms with Gasteiger partial charge in [0, 0.05) is 18.9 Å². The fraction of sp³-hybridized carbons (Fsp3) is 0.778. The number of nitrogens with zero attached hydrogens (tertiary/aromatic N) is 2. The molecule has 0 aromatic heterocycles. The number of rotatable bonds is 2. The predicted octanol–water partition coefficient (Wildman–Crippen LogP) is 0.0664. The van der Waals surface area contributed by atoms with E-state index in [-0.39, 0.29) is 18.0 Å². The number of fused-ring (bicyclic) bond motifs is 1. The van der Waals surface area contributed by atoms with Gasteiger partial charge in [-0.15, -0.1) is 0 Å². The van der Waals surface area contributed by atoms with E-state index in [2.05, 4.69) is 11.5 Å². The Labute approximate surface area is 77.5 Å². The van der Waals surface area contributed by atoms with Crippen molar-refractivity contribution in [3.63, 3.8) is 0 Å². The summed E-state index contributed by atoms with van der Waals surface area (Å²) >= 11 is 0. The summed E-state index contributed by atoms with van der Waals surface area (Å²) in [4.78, 5) is 12.9. The maximum Gasteiger partial charge on any atom is 0.220 e. The standard InChI is InChI=1S/C9H13N3O/c1-2-8(13)11-9-6-3-7(9)12(4-6)5-10/h6-7,9H,2-4H2,1H3,(H,11,13). The number of nitriles is 1. The smallest absolute Gasteiger partial charge is 0.220 e. The average Bonchev–Trinajstić information content (AvgIpc) is 2.70. The number of carbonyl (C=O) groups excluding carboxylic acids is 1. The van der Waals surface area contributed by atoms with Crippen LogP contribution in [0, 0.1) is 17.4 Å². The first-order chi connectivity index (χ1) is 6.26. The van der Waals surface area contributed by atoms with Crippen LogP contribution in [0.15, 0.2) is 0 Å². The van der Waals surface area contributed by atoms with Crippen molar-refractivity contribution in [2.75, 3.05) is 6.54 Å². The molecule has 4 nitrogen and oxygen atoms in total. The molecule has 2 heterocycles. The summed E-state index contributed by atoms with van der Waals surface area (Å²) in [6.45, 7) is 2.67. The second kappa shape index (κ2) is 2.91. The summed E-state index contributed by atoms with van der Waals surface area (Å²) in [7, 11) is 0. The van der Waals surface area contributed by atoms with Crippen molar-refractivity contribution in [3.05, 3.63) is 0 Å². The molecule has 3 fully saturated rings. The highest BCUT2D eigenvalue weighted by Gasteiger charge is 2.52. The molecule has 1 amide bonds. The summed E-state index contributed by atoms with van der Waals surface area (Å²) < 4.78 is 0. The van der Waals surface area contributed by atoms with Gasteiger partial charge in [-0.25, -0.2) is 0 Å². The van der Waals surface area contributed by atoms with Gasteiger partial charge in [0.15, 0.2) is 6.19 Å². The van der Waals surface area contributed by atoms with Crippen molar-refractivity contribution >= 4 is 5.91 Å². The second-order valence-electron chi connectivity index (χ2n) is 3.76. The molecule has 3 unspecified atom stereocenters. The normalized spacial score (nSPS) is 35.1. The van der Waals surface area contributed by atoms with Crippen molar-refractivity contribution in [3.8, 4) is 6.19 Å². The Morgan fingerprint density at radius 1 is 1.77 bits per heavy atom. The lowest BCUT2D eigenvalue weighted by Gasteiger charge is -2.35. The minimum absolute atomic E-state index is 0.0967. The van der Waals surface area contributed by atoms with Crippen LogP contribution in [-0.4, -0.2) is 29.4 Å². The Hall–Kier alpha value is -1.24. The first-order valence-corrected chi connectivity index (χ1v) is 4.72. The molecule has 2 bridgehead atoms. The lowest BCUT2D eigenvalue weighted by atomic mass is 9.80. The zero-order chi connectivity index (χ0) is 9.42. The van der Waals surface area contributed by atoms with Crippen LogP contribution in [0.3, 0.4) is 0 Å². The Morgan fingerprint density at radius 3 is 3.08 bits per heavy atom. The molecule has 0 radical (unpaired) electrons. The predicted molar refractivity (Wildman–Crippen MR) is 46.4 cm³/mol. The maximum absolute atomic E-state index is 11.1. The van der Waals surface area contributed by atoms with Gasteiger partial charge in [-0.2, -0.15) is 5.26 Å². The fourth-order valence-corrected chi connectivity index (χ4v) is 2.24. The summed E-state index contributed by atoms with van der Waals surface area (Å²) in [6.07, 6.45) is 3.76. The van der Waals surface area contributed by atoms with Gasteiger partial charge in [0.2, 0.25) is 5.91 Å². The first kappa shape index (κ1) is 8.36. The van der Waals surface area contributed by atoms with Gasteiger partial charge in [0.05, 0.1) is 12.1 Å². The third-order valence-corrected chi connectivity index (χ3v) is 3.08. The Morgan fingerprint density at radius 2 is 2.54 bits per heavy atom. The van der Waals surface area contributed by atoms with Crippen LogP contribution in [0.2, 0.25) is 0 Å². The lowest BCUT2D eigenvalue weighted by Crippen LogP contribution is -2.53. The van der Waals surface area contributed by atoms with Crippen LogP contribution < -0.4 is 5.32 Å². The van der Waals surface area contributed by atoms with Gasteiger partial charge in [-0.3, -0.25) is 4.79 Å². The molecule has 1 aliphatic carbocycles. The minimum atomic E-state index is 0.0967. The molecular formula is C9H13N3O. The molecule has 0 aromatic carbocycles. The van der Waals surface area contributed by atoms with E-state index >= 15 is 0 Å². The molecule has 13 heavy (non-hydrogen) atoms. The number of amides is 1. The van der Waals surface area contributed by atoms with Crippen LogP contribution in [0.5, 0.6) is 0 Å². The SMILES string of the molecule is CCC(=O)NC1C2CC1N(C#N)C2. The summed E-state index contributed by atoms with van der Waals surface area (Å²) in [5, 5.41) is 11.7. The fourth-order valence-electron chi connectivity index (χ4n) is 2.24. The Bertz CT molecular complexity index is 271. The molecule has 3 rings (SSSR count). The number of hydrogen-bond acceptors (Lipinski definition) is 3. The topological polar surface area (TPSA) is 56.1 Å². The van der Waals surface area contributed by atoms with E-state index in [4.69, 9.17) is 5.26 Å². The molecule has 0 spiro atoms. The summed E-state index contributed by atoms with van der Waals surface area (Å²) in [5.41, 5.74) is 0. The molecule has 70 valence electrons. The van der Waals surface area contributed by atoms with E-state index in [1.807, 2.05) is 6.92 Å². The van der Waals surface area contributed by atoms with Crippen LogP contribution in [-0.2, 0) is 4.79 Å². The second-order valence-corrected chi connectivity index (χ2v) is 3.76. The zero-order valence-electron chi connectivity index (χ0n) is 7.66. The third-order valence-electron chi connectivity index (χ3n) is 3.08. The van der Waals surface area contributed by atoms with E-state index in [0.717, 1.165) is 13.0 Å². The molecule has 2 saturated heterocycles. The molecule has 2 aliphatic heterocycles. The Kier molecular flexibility index (Phi) is 1.87. The summed E-state index contributed by atoms with van der Waals surface area (Å²) in [6, 6.07) is 0.526. The van der Waals surface area contributed by atoms with Crippen molar-refractivity contribution < 1.29 is 4.79 Å². The highest BCUT2D eigenvalue weighted by molar-refractivity contribution is 5.76. The van der Waals surface area contributed by atoms with Crippen molar-refractivity contribution in [1.82, 2.24) is 10.2 Å². The van der Waals surface area contributed by atoms with E-state index in [9.17, 15) is 4.79 Å².